The normalized spacial score (nSPS) is 15.0. The zero-order valence-corrected chi connectivity index (χ0v) is 22.6. The number of carbonyl (C=O) groups is 3. The standard InChI is InChI=1S/C31H33F2N3O5/c1-2-19-6-5-7-20(12-19)17-34-18-28(38)26(15-21-13-22(32)16-23(33)14-21)35-29(39)27(37)10-11-36-30(40)24-8-3-4-9-25(24)31(36)41/h3-9,12-14,16,26-28,34,37-38H,2,10-11,15,17-18H2,1H3,(H,35,39). The molecule has 0 fully saturated rings. The van der Waals surface area contributed by atoms with Gasteiger partial charge in [0.15, 0.2) is 0 Å². The van der Waals surface area contributed by atoms with Crippen LogP contribution >= 0.6 is 0 Å². The summed E-state index contributed by atoms with van der Waals surface area (Å²) in [7, 11) is 0. The second-order valence-corrected chi connectivity index (χ2v) is 10.1. The van der Waals surface area contributed by atoms with Gasteiger partial charge in [0.25, 0.3) is 11.8 Å². The number of benzene rings is 3. The lowest BCUT2D eigenvalue weighted by atomic mass is 10.00. The molecule has 0 bridgehead atoms. The summed E-state index contributed by atoms with van der Waals surface area (Å²) in [4.78, 5) is 39.0. The second kappa shape index (κ2) is 13.6. The number of imide groups is 1. The molecule has 0 saturated heterocycles. The molecule has 3 aromatic carbocycles. The summed E-state index contributed by atoms with van der Waals surface area (Å²) in [5.74, 6) is -3.45. The molecule has 1 heterocycles. The van der Waals surface area contributed by atoms with Crippen LogP contribution in [0.3, 0.4) is 0 Å². The molecule has 3 aromatic rings. The first-order valence-corrected chi connectivity index (χ1v) is 13.5. The maximum Gasteiger partial charge on any atom is 0.261 e. The fraction of sp³-hybridized carbons (Fsp3) is 0.323. The van der Waals surface area contributed by atoms with Crippen LogP contribution in [0, 0.1) is 11.6 Å². The number of halogens is 2. The topological polar surface area (TPSA) is 119 Å². The van der Waals surface area contributed by atoms with Crippen molar-refractivity contribution in [2.75, 3.05) is 13.1 Å². The third-order valence-corrected chi connectivity index (χ3v) is 7.06. The predicted octanol–water partition coefficient (Wildman–Crippen LogP) is 2.75. The van der Waals surface area contributed by atoms with Crippen LogP contribution in [0.5, 0.6) is 0 Å². The molecule has 3 amide bonds. The molecular weight excluding hydrogens is 532 g/mol. The number of aliphatic hydroxyl groups is 2. The Kier molecular flexibility index (Phi) is 9.93. The first-order valence-electron chi connectivity index (χ1n) is 13.5. The van der Waals surface area contributed by atoms with Crippen LogP contribution in [0.15, 0.2) is 66.7 Å². The minimum Gasteiger partial charge on any atom is -0.390 e. The lowest BCUT2D eigenvalue weighted by Gasteiger charge is -2.26. The van der Waals surface area contributed by atoms with Gasteiger partial charge < -0.3 is 20.8 Å². The zero-order chi connectivity index (χ0) is 29.5. The summed E-state index contributed by atoms with van der Waals surface area (Å²) >= 11 is 0. The summed E-state index contributed by atoms with van der Waals surface area (Å²) in [6.45, 7) is 2.35. The number of hydrogen-bond acceptors (Lipinski definition) is 6. The van der Waals surface area contributed by atoms with E-state index in [1.165, 1.54) is 17.7 Å². The highest BCUT2D eigenvalue weighted by Gasteiger charge is 2.35. The van der Waals surface area contributed by atoms with E-state index >= 15 is 0 Å². The van der Waals surface area contributed by atoms with Crippen LogP contribution in [0.2, 0.25) is 0 Å². The van der Waals surface area contributed by atoms with Gasteiger partial charge in [-0.2, -0.15) is 0 Å². The van der Waals surface area contributed by atoms with Crippen molar-refractivity contribution in [2.24, 2.45) is 0 Å². The number of aliphatic hydroxyl groups excluding tert-OH is 2. The lowest BCUT2D eigenvalue weighted by Crippen LogP contribution is -2.51. The quantitative estimate of drug-likeness (QED) is 0.237. The Hall–Kier alpha value is -3.99. The first kappa shape index (κ1) is 30.0. The molecule has 0 aromatic heterocycles. The number of nitrogens with zero attached hydrogens (tertiary/aromatic N) is 1. The van der Waals surface area contributed by atoms with E-state index in [-0.39, 0.29) is 42.6 Å². The Labute approximate surface area is 237 Å². The van der Waals surface area contributed by atoms with Crippen LogP contribution in [0.25, 0.3) is 0 Å². The Bertz CT molecular complexity index is 1360. The Morgan fingerprint density at radius 1 is 0.878 bits per heavy atom. The maximum absolute atomic E-state index is 13.8. The van der Waals surface area contributed by atoms with Crippen molar-refractivity contribution in [1.82, 2.24) is 15.5 Å². The Balaban J connectivity index is 1.38. The molecule has 8 nitrogen and oxygen atoms in total. The predicted molar refractivity (Wildman–Crippen MR) is 148 cm³/mol. The molecule has 0 aliphatic carbocycles. The van der Waals surface area contributed by atoms with Crippen molar-refractivity contribution in [3.05, 3.63) is 106 Å². The molecule has 0 radical (unpaired) electrons. The number of amides is 3. The van der Waals surface area contributed by atoms with Gasteiger partial charge in [-0.1, -0.05) is 43.3 Å². The Morgan fingerprint density at radius 3 is 2.15 bits per heavy atom. The summed E-state index contributed by atoms with van der Waals surface area (Å²) in [6.07, 6.45) is -2.25. The van der Waals surface area contributed by atoms with Gasteiger partial charge in [-0.05, 0) is 53.8 Å². The molecule has 0 saturated carbocycles. The minimum atomic E-state index is -1.61. The largest absolute Gasteiger partial charge is 0.390 e. The van der Waals surface area contributed by atoms with Gasteiger partial charge in [-0.15, -0.1) is 0 Å². The van der Waals surface area contributed by atoms with E-state index < -0.39 is 47.6 Å². The van der Waals surface area contributed by atoms with E-state index in [2.05, 4.69) is 10.6 Å². The van der Waals surface area contributed by atoms with Crippen LogP contribution < -0.4 is 10.6 Å². The van der Waals surface area contributed by atoms with Crippen molar-refractivity contribution in [2.45, 2.75) is 51.0 Å². The highest BCUT2D eigenvalue weighted by molar-refractivity contribution is 6.21. The molecular formula is C31H33F2N3O5. The molecule has 216 valence electrons. The first-order chi connectivity index (χ1) is 19.7. The van der Waals surface area contributed by atoms with Gasteiger partial charge in [-0.3, -0.25) is 19.3 Å². The van der Waals surface area contributed by atoms with Crippen LogP contribution in [-0.2, 0) is 24.2 Å². The number of rotatable bonds is 13. The molecule has 10 heteroatoms. The van der Waals surface area contributed by atoms with Gasteiger partial charge >= 0.3 is 0 Å². The highest BCUT2D eigenvalue weighted by atomic mass is 19.1. The molecule has 0 spiro atoms. The fourth-order valence-electron chi connectivity index (χ4n) is 4.84. The SMILES string of the molecule is CCc1cccc(CNCC(O)C(Cc2cc(F)cc(F)c2)NC(=O)C(O)CCN2C(=O)c3ccccc3C2=O)c1. The zero-order valence-electron chi connectivity index (χ0n) is 22.6. The lowest BCUT2D eigenvalue weighted by molar-refractivity contribution is -0.131. The fourth-order valence-corrected chi connectivity index (χ4v) is 4.84. The van der Waals surface area contributed by atoms with Crippen LogP contribution in [-0.4, -0.2) is 64.2 Å². The summed E-state index contributed by atoms with van der Waals surface area (Å²) in [5, 5.41) is 27.2. The molecule has 41 heavy (non-hydrogen) atoms. The number of hydrogen-bond donors (Lipinski definition) is 4. The maximum atomic E-state index is 13.8. The van der Waals surface area contributed by atoms with Gasteiger partial charge in [-0.25, -0.2) is 8.78 Å². The number of carbonyl (C=O) groups excluding carboxylic acids is 3. The number of nitrogens with one attached hydrogen (secondary N) is 2. The van der Waals surface area contributed by atoms with Crippen molar-refractivity contribution in [3.63, 3.8) is 0 Å². The van der Waals surface area contributed by atoms with E-state index in [0.29, 0.717) is 6.54 Å². The minimum absolute atomic E-state index is 0.0459. The number of aryl methyl sites for hydroxylation is 1. The highest BCUT2D eigenvalue weighted by Crippen LogP contribution is 2.23. The third-order valence-electron chi connectivity index (χ3n) is 7.06. The summed E-state index contributed by atoms with van der Waals surface area (Å²) < 4.78 is 27.7. The van der Waals surface area contributed by atoms with Crippen LogP contribution in [0.1, 0.15) is 50.8 Å². The molecule has 3 unspecified atom stereocenters. The molecule has 4 N–H and O–H groups in total. The summed E-state index contributed by atoms with van der Waals surface area (Å²) in [5.41, 5.74) is 2.90. The van der Waals surface area contributed by atoms with Gasteiger partial charge in [0.2, 0.25) is 5.91 Å². The molecule has 3 atom stereocenters. The van der Waals surface area contributed by atoms with Crippen molar-refractivity contribution >= 4 is 17.7 Å². The van der Waals surface area contributed by atoms with Gasteiger partial charge in [0, 0.05) is 32.1 Å². The van der Waals surface area contributed by atoms with E-state index in [9.17, 15) is 33.4 Å². The van der Waals surface area contributed by atoms with E-state index in [4.69, 9.17) is 0 Å². The smallest absolute Gasteiger partial charge is 0.261 e. The molecule has 1 aliphatic rings. The van der Waals surface area contributed by atoms with E-state index in [0.717, 1.165) is 35.1 Å². The third kappa shape index (κ3) is 7.60. The van der Waals surface area contributed by atoms with Crippen LogP contribution in [0.4, 0.5) is 8.78 Å². The van der Waals surface area contributed by atoms with E-state index in [1.54, 1.807) is 12.1 Å². The number of fused-ring (bicyclic) bond motifs is 1. The molecule has 1 aliphatic heterocycles. The van der Waals surface area contributed by atoms with Gasteiger partial charge in [0.05, 0.1) is 23.3 Å². The summed E-state index contributed by atoms with van der Waals surface area (Å²) in [6, 6.07) is 16.2. The van der Waals surface area contributed by atoms with Gasteiger partial charge in [0.1, 0.15) is 17.7 Å². The van der Waals surface area contributed by atoms with E-state index in [1.807, 2.05) is 31.2 Å². The van der Waals surface area contributed by atoms with Crippen molar-refractivity contribution in [3.8, 4) is 0 Å². The Morgan fingerprint density at radius 2 is 1.51 bits per heavy atom. The second-order valence-electron chi connectivity index (χ2n) is 10.1. The molecule has 4 rings (SSSR count). The average Bonchev–Trinajstić information content (AvgIpc) is 3.19. The monoisotopic (exact) mass is 565 g/mol. The average molecular weight is 566 g/mol. The van der Waals surface area contributed by atoms with Crippen molar-refractivity contribution in [1.29, 1.82) is 0 Å². The van der Waals surface area contributed by atoms with Crippen molar-refractivity contribution < 1.29 is 33.4 Å².